The van der Waals surface area contributed by atoms with Gasteiger partial charge in [-0.1, -0.05) is 23.2 Å². The number of aromatic nitrogens is 2. The third kappa shape index (κ3) is 7.28. The summed E-state index contributed by atoms with van der Waals surface area (Å²) in [6.45, 7) is 1.17. The van der Waals surface area contributed by atoms with E-state index >= 15 is 0 Å². The highest BCUT2D eigenvalue weighted by molar-refractivity contribution is 6.40. The van der Waals surface area contributed by atoms with Crippen LogP contribution < -0.4 is 16.0 Å². The minimum absolute atomic E-state index is 0. The number of halogens is 3. The Hall–Kier alpha value is -1.97. The molecule has 1 heterocycles. The van der Waals surface area contributed by atoms with Crippen LogP contribution in [0.2, 0.25) is 10.0 Å². The zero-order valence-corrected chi connectivity index (χ0v) is 16.6. The van der Waals surface area contributed by atoms with Crippen molar-refractivity contribution in [2.75, 3.05) is 37.4 Å². The first kappa shape index (κ1) is 23.1. The quantitative estimate of drug-likeness (QED) is 0.552. The summed E-state index contributed by atoms with van der Waals surface area (Å²) in [5.74, 6) is -0.759. The molecular formula is C16H18Cl3N5O3. The molecule has 0 aliphatic heterocycles. The van der Waals surface area contributed by atoms with Gasteiger partial charge in [-0.3, -0.25) is 14.6 Å². The van der Waals surface area contributed by atoms with Gasteiger partial charge < -0.3 is 20.7 Å². The van der Waals surface area contributed by atoms with Crippen LogP contribution in [0.5, 0.6) is 0 Å². The number of methoxy groups -OCH3 is 1. The fourth-order valence-corrected chi connectivity index (χ4v) is 2.52. The van der Waals surface area contributed by atoms with Crippen LogP contribution in [0.1, 0.15) is 10.5 Å². The van der Waals surface area contributed by atoms with Gasteiger partial charge >= 0.3 is 0 Å². The summed E-state index contributed by atoms with van der Waals surface area (Å²) in [5, 5.41) is 8.52. The van der Waals surface area contributed by atoms with Crippen LogP contribution in [-0.2, 0) is 9.53 Å². The highest BCUT2D eigenvalue weighted by Crippen LogP contribution is 2.34. The zero-order chi connectivity index (χ0) is 18.9. The van der Waals surface area contributed by atoms with Crippen molar-refractivity contribution in [1.29, 1.82) is 0 Å². The number of amides is 2. The van der Waals surface area contributed by atoms with Crippen LogP contribution in [0, 0.1) is 0 Å². The lowest BCUT2D eigenvalue weighted by Gasteiger charge is -2.12. The topological polar surface area (TPSA) is 105 Å². The van der Waals surface area contributed by atoms with E-state index < -0.39 is 5.91 Å². The fraction of sp³-hybridized carbons (Fsp3) is 0.250. The molecule has 2 amide bonds. The molecule has 1 aromatic heterocycles. The zero-order valence-electron chi connectivity index (χ0n) is 14.3. The van der Waals surface area contributed by atoms with Crippen molar-refractivity contribution in [3.05, 3.63) is 46.5 Å². The molecule has 0 bridgehead atoms. The van der Waals surface area contributed by atoms with Gasteiger partial charge in [0.2, 0.25) is 5.91 Å². The van der Waals surface area contributed by atoms with E-state index in [9.17, 15) is 9.59 Å². The molecule has 8 nitrogen and oxygen atoms in total. The number of ether oxygens (including phenoxy) is 1. The molecule has 0 saturated heterocycles. The molecule has 0 radical (unpaired) electrons. The summed E-state index contributed by atoms with van der Waals surface area (Å²) >= 11 is 12.4. The Balaban J connectivity index is 0.00000364. The third-order valence-electron chi connectivity index (χ3n) is 3.13. The lowest BCUT2D eigenvalue weighted by Crippen LogP contribution is -2.30. The van der Waals surface area contributed by atoms with Gasteiger partial charge in [-0.25, -0.2) is 4.98 Å². The minimum atomic E-state index is -0.499. The molecule has 0 fully saturated rings. The maximum Gasteiger partial charge on any atom is 0.275 e. The molecule has 11 heteroatoms. The van der Waals surface area contributed by atoms with E-state index in [2.05, 4.69) is 25.9 Å². The highest BCUT2D eigenvalue weighted by Gasteiger charge is 2.15. The van der Waals surface area contributed by atoms with Gasteiger partial charge in [0.15, 0.2) is 0 Å². The second-order valence-electron chi connectivity index (χ2n) is 5.08. The van der Waals surface area contributed by atoms with Crippen LogP contribution in [0.3, 0.4) is 0 Å². The second-order valence-corrected chi connectivity index (χ2v) is 5.89. The average molecular weight is 435 g/mol. The monoisotopic (exact) mass is 433 g/mol. The van der Waals surface area contributed by atoms with Crippen LogP contribution in [-0.4, -0.2) is 48.6 Å². The van der Waals surface area contributed by atoms with Gasteiger partial charge in [0.25, 0.3) is 5.91 Å². The number of hydrogen-bond acceptors (Lipinski definition) is 6. The summed E-state index contributed by atoms with van der Waals surface area (Å²) in [7, 11) is 1.58. The number of hydrogen-bond donors (Lipinski definition) is 3. The number of nitrogens with zero attached hydrogens (tertiary/aromatic N) is 2. The minimum Gasteiger partial charge on any atom is -0.383 e. The second kappa shape index (κ2) is 11.7. The summed E-state index contributed by atoms with van der Waals surface area (Å²) in [5.41, 5.74) is 0.760. The van der Waals surface area contributed by atoms with Gasteiger partial charge in [0.1, 0.15) is 5.69 Å². The van der Waals surface area contributed by atoms with Crippen molar-refractivity contribution in [3.63, 3.8) is 0 Å². The smallest absolute Gasteiger partial charge is 0.275 e. The molecule has 0 aliphatic rings. The maximum atomic E-state index is 12.1. The number of benzene rings is 1. The number of rotatable bonds is 8. The Kier molecular flexibility index (Phi) is 9.98. The Morgan fingerprint density at radius 2 is 1.85 bits per heavy atom. The predicted molar refractivity (Wildman–Crippen MR) is 107 cm³/mol. The molecule has 1 aromatic carbocycles. The summed E-state index contributed by atoms with van der Waals surface area (Å²) in [4.78, 5) is 31.7. The molecule has 146 valence electrons. The van der Waals surface area contributed by atoms with E-state index in [-0.39, 0.29) is 46.3 Å². The normalized spacial score (nSPS) is 10.0. The molecule has 2 rings (SSSR count). The van der Waals surface area contributed by atoms with Crippen LogP contribution in [0.15, 0.2) is 30.7 Å². The van der Waals surface area contributed by atoms with Crippen molar-refractivity contribution in [2.24, 2.45) is 0 Å². The Bertz CT molecular complexity index is 754. The van der Waals surface area contributed by atoms with E-state index in [1.165, 1.54) is 30.7 Å². The van der Waals surface area contributed by atoms with Crippen LogP contribution in [0.25, 0.3) is 0 Å². The molecule has 0 spiro atoms. The van der Waals surface area contributed by atoms with Gasteiger partial charge in [0.05, 0.1) is 35.1 Å². The largest absolute Gasteiger partial charge is 0.383 e. The molecule has 0 atom stereocenters. The fourth-order valence-electron chi connectivity index (χ4n) is 1.94. The predicted octanol–water partition coefficient (Wildman–Crippen LogP) is 2.63. The lowest BCUT2D eigenvalue weighted by molar-refractivity contribution is -0.115. The standard InChI is InChI=1S/C16H17Cl2N5O3.ClH/c1-26-5-4-20-9-14(24)22-10-6-11(17)15(12(18)7-10)23-16(25)13-8-19-2-3-21-13;/h2-3,6-8,20H,4-5,9H2,1H3,(H,22,24)(H,23,25);1H. The molecule has 0 saturated carbocycles. The van der Waals surface area contributed by atoms with Crippen molar-refractivity contribution in [2.45, 2.75) is 0 Å². The molecule has 0 unspecified atom stereocenters. The third-order valence-corrected chi connectivity index (χ3v) is 3.72. The average Bonchev–Trinajstić information content (AvgIpc) is 2.62. The first-order valence-electron chi connectivity index (χ1n) is 7.57. The first-order chi connectivity index (χ1) is 12.5. The summed E-state index contributed by atoms with van der Waals surface area (Å²) in [6, 6.07) is 2.99. The highest BCUT2D eigenvalue weighted by atomic mass is 35.5. The Morgan fingerprint density at radius 1 is 1.15 bits per heavy atom. The first-order valence-corrected chi connectivity index (χ1v) is 8.32. The lowest BCUT2D eigenvalue weighted by atomic mass is 10.2. The molecule has 2 aromatic rings. The maximum absolute atomic E-state index is 12.1. The van der Waals surface area contributed by atoms with Crippen molar-refractivity contribution in [3.8, 4) is 0 Å². The van der Waals surface area contributed by atoms with E-state index in [1.54, 1.807) is 7.11 Å². The number of nitrogens with one attached hydrogen (secondary N) is 3. The van der Waals surface area contributed by atoms with E-state index in [4.69, 9.17) is 27.9 Å². The van der Waals surface area contributed by atoms with Crippen molar-refractivity contribution >= 4 is 58.8 Å². The van der Waals surface area contributed by atoms with E-state index in [0.29, 0.717) is 18.8 Å². The SMILES string of the molecule is COCCNCC(=O)Nc1cc(Cl)c(NC(=O)c2cnccn2)c(Cl)c1.Cl. The van der Waals surface area contributed by atoms with Gasteiger partial charge in [-0.05, 0) is 12.1 Å². The summed E-state index contributed by atoms with van der Waals surface area (Å²) < 4.78 is 4.88. The number of anilines is 2. The van der Waals surface area contributed by atoms with Crippen LogP contribution >= 0.6 is 35.6 Å². The Labute approximate surface area is 172 Å². The molecular weight excluding hydrogens is 417 g/mol. The van der Waals surface area contributed by atoms with Crippen molar-refractivity contribution in [1.82, 2.24) is 15.3 Å². The van der Waals surface area contributed by atoms with Gasteiger partial charge in [-0.15, -0.1) is 12.4 Å². The Morgan fingerprint density at radius 3 is 2.44 bits per heavy atom. The molecule has 3 N–H and O–H groups in total. The van der Waals surface area contributed by atoms with Crippen molar-refractivity contribution < 1.29 is 14.3 Å². The molecule has 0 aliphatic carbocycles. The summed E-state index contributed by atoms with van der Waals surface area (Å²) in [6.07, 6.45) is 4.18. The van der Waals surface area contributed by atoms with Crippen LogP contribution in [0.4, 0.5) is 11.4 Å². The number of carbonyl (C=O) groups excluding carboxylic acids is 2. The van der Waals surface area contributed by atoms with E-state index in [1.807, 2.05) is 0 Å². The number of carbonyl (C=O) groups is 2. The molecule has 27 heavy (non-hydrogen) atoms. The van der Waals surface area contributed by atoms with E-state index in [0.717, 1.165) is 0 Å². The van der Waals surface area contributed by atoms with Gasteiger partial charge in [-0.2, -0.15) is 0 Å². The van der Waals surface area contributed by atoms with Gasteiger partial charge in [0, 0.05) is 31.7 Å².